The van der Waals surface area contributed by atoms with Crippen molar-refractivity contribution in [2.45, 2.75) is 11.8 Å². The average molecular weight is 363 g/mol. The summed E-state index contributed by atoms with van der Waals surface area (Å²) in [6.07, 6.45) is 0. The Morgan fingerprint density at radius 3 is 2.52 bits per heavy atom. The molecule has 0 aromatic heterocycles. The Balaban J connectivity index is 1.95. The summed E-state index contributed by atoms with van der Waals surface area (Å²) in [7, 11) is -1.89. The number of rotatable bonds is 8. The van der Waals surface area contributed by atoms with E-state index in [0.717, 1.165) is 0 Å². The third-order valence-electron chi connectivity index (χ3n) is 3.54. The monoisotopic (exact) mass is 363 g/mol. The zero-order valence-electron chi connectivity index (χ0n) is 14.2. The molecule has 25 heavy (non-hydrogen) atoms. The molecule has 0 aliphatic carbocycles. The quantitative estimate of drug-likeness (QED) is 0.728. The largest absolute Gasteiger partial charge is 0.497 e. The highest BCUT2D eigenvalue weighted by Crippen LogP contribution is 2.19. The third kappa shape index (κ3) is 4.96. The summed E-state index contributed by atoms with van der Waals surface area (Å²) in [6, 6.07) is 13.3. The Hall–Kier alpha value is -2.54. The molecule has 6 nitrogen and oxygen atoms in total. The molecule has 0 heterocycles. The number of sulfone groups is 1. The highest BCUT2D eigenvalue weighted by molar-refractivity contribution is 7.91. The van der Waals surface area contributed by atoms with E-state index < -0.39 is 15.7 Å². The van der Waals surface area contributed by atoms with E-state index in [1.165, 1.54) is 12.1 Å². The highest BCUT2D eigenvalue weighted by atomic mass is 32.2. The predicted octanol–water partition coefficient (Wildman–Crippen LogP) is 2.30. The van der Waals surface area contributed by atoms with Crippen molar-refractivity contribution in [2.75, 3.05) is 26.0 Å². The topological polar surface area (TPSA) is 81.7 Å². The summed E-state index contributed by atoms with van der Waals surface area (Å²) in [6.45, 7) is 2.05. The molecule has 2 aromatic carbocycles. The molecule has 1 N–H and O–H groups in total. The van der Waals surface area contributed by atoms with E-state index in [2.05, 4.69) is 5.32 Å². The number of benzene rings is 2. The van der Waals surface area contributed by atoms with E-state index in [1.807, 2.05) is 0 Å². The van der Waals surface area contributed by atoms with E-state index in [-0.39, 0.29) is 29.4 Å². The van der Waals surface area contributed by atoms with Crippen LogP contribution in [0.3, 0.4) is 0 Å². The normalized spacial score (nSPS) is 11.0. The van der Waals surface area contributed by atoms with Crippen LogP contribution in [0.1, 0.15) is 17.3 Å². The lowest BCUT2D eigenvalue weighted by Gasteiger charge is -2.11. The Bertz CT molecular complexity index is 833. The molecule has 134 valence electrons. The zero-order chi connectivity index (χ0) is 18.3. The van der Waals surface area contributed by atoms with Crippen LogP contribution in [-0.4, -0.2) is 40.3 Å². The predicted molar refractivity (Wildman–Crippen MR) is 95.0 cm³/mol. The smallest absolute Gasteiger partial charge is 0.252 e. The lowest BCUT2D eigenvalue weighted by molar-refractivity contribution is 0.0943. The fraction of sp³-hybridized carbons (Fsp3) is 0.278. The lowest BCUT2D eigenvalue weighted by Crippen LogP contribution is -2.29. The number of carbonyl (C=O) groups is 1. The highest BCUT2D eigenvalue weighted by Gasteiger charge is 2.20. The Kier molecular flexibility index (Phi) is 6.41. The molecule has 0 saturated carbocycles. The van der Waals surface area contributed by atoms with Gasteiger partial charge >= 0.3 is 0 Å². The first kappa shape index (κ1) is 18.8. The second-order valence-corrected chi connectivity index (χ2v) is 7.43. The van der Waals surface area contributed by atoms with Crippen LogP contribution in [0.5, 0.6) is 11.5 Å². The van der Waals surface area contributed by atoms with E-state index in [4.69, 9.17) is 9.47 Å². The Labute approximate surface area is 147 Å². The van der Waals surface area contributed by atoms with Gasteiger partial charge in [-0.25, -0.2) is 8.42 Å². The maximum atomic E-state index is 12.3. The van der Waals surface area contributed by atoms with E-state index in [9.17, 15) is 13.2 Å². The van der Waals surface area contributed by atoms with Gasteiger partial charge in [0.15, 0.2) is 9.84 Å². The molecule has 1 amide bonds. The second kappa shape index (κ2) is 8.53. The summed E-state index contributed by atoms with van der Waals surface area (Å²) >= 11 is 0. The molecule has 0 aliphatic heterocycles. The van der Waals surface area contributed by atoms with Crippen molar-refractivity contribution >= 4 is 15.7 Å². The van der Waals surface area contributed by atoms with Crippen LogP contribution in [0.4, 0.5) is 0 Å². The van der Waals surface area contributed by atoms with Gasteiger partial charge in [-0.3, -0.25) is 4.79 Å². The molecule has 0 atom stereocenters. The molecule has 0 spiro atoms. The van der Waals surface area contributed by atoms with E-state index in [0.29, 0.717) is 11.5 Å². The van der Waals surface area contributed by atoms with Crippen LogP contribution in [0.15, 0.2) is 53.4 Å². The molecular formula is C18H21NO5S. The molecule has 0 fully saturated rings. The number of methoxy groups -OCH3 is 1. The van der Waals surface area contributed by atoms with Crippen LogP contribution < -0.4 is 14.8 Å². The van der Waals surface area contributed by atoms with Crippen LogP contribution in [0.25, 0.3) is 0 Å². The van der Waals surface area contributed by atoms with Gasteiger partial charge in [-0.05, 0) is 24.3 Å². The standard InChI is InChI=1S/C18H21NO5S/c1-3-25(21,22)17-10-5-4-9-16(17)18(20)19-11-12-24-15-8-6-7-14(13-15)23-2/h4-10,13H,3,11-12H2,1-2H3,(H,19,20). The van der Waals surface area contributed by atoms with E-state index >= 15 is 0 Å². The van der Waals surface area contributed by atoms with Gasteiger partial charge in [0.05, 0.1) is 29.9 Å². The van der Waals surface area contributed by atoms with Gasteiger partial charge in [-0.15, -0.1) is 0 Å². The van der Waals surface area contributed by atoms with Gasteiger partial charge < -0.3 is 14.8 Å². The van der Waals surface area contributed by atoms with E-state index in [1.54, 1.807) is 50.4 Å². The van der Waals surface area contributed by atoms with Gasteiger partial charge in [-0.1, -0.05) is 25.1 Å². The molecule has 0 unspecified atom stereocenters. The van der Waals surface area contributed by atoms with Crippen molar-refractivity contribution < 1.29 is 22.7 Å². The van der Waals surface area contributed by atoms with Gasteiger partial charge in [0.25, 0.3) is 5.91 Å². The number of ether oxygens (including phenoxy) is 2. The van der Waals surface area contributed by atoms with Gasteiger partial charge in [-0.2, -0.15) is 0 Å². The molecular weight excluding hydrogens is 342 g/mol. The molecule has 0 radical (unpaired) electrons. The summed E-state index contributed by atoms with van der Waals surface area (Å²) < 4.78 is 34.8. The lowest BCUT2D eigenvalue weighted by atomic mass is 10.2. The van der Waals surface area contributed by atoms with Crippen molar-refractivity contribution in [2.24, 2.45) is 0 Å². The minimum atomic E-state index is -3.46. The van der Waals surface area contributed by atoms with Crippen LogP contribution in [0.2, 0.25) is 0 Å². The van der Waals surface area contributed by atoms with Crippen LogP contribution in [0, 0.1) is 0 Å². The first-order valence-electron chi connectivity index (χ1n) is 7.84. The molecule has 2 aromatic rings. The number of nitrogens with one attached hydrogen (secondary N) is 1. The summed E-state index contributed by atoms with van der Waals surface area (Å²) in [5, 5.41) is 2.67. The number of carbonyl (C=O) groups excluding carboxylic acids is 1. The summed E-state index contributed by atoms with van der Waals surface area (Å²) in [4.78, 5) is 12.3. The zero-order valence-corrected chi connectivity index (χ0v) is 15.0. The second-order valence-electron chi connectivity index (χ2n) is 5.18. The molecule has 2 rings (SSSR count). The van der Waals surface area contributed by atoms with Gasteiger partial charge in [0.2, 0.25) is 0 Å². The van der Waals surface area contributed by atoms with Crippen molar-refractivity contribution in [3.8, 4) is 11.5 Å². The average Bonchev–Trinajstić information content (AvgIpc) is 2.65. The fourth-order valence-corrected chi connectivity index (χ4v) is 3.29. The number of hydrogen-bond donors (Lipinski definition) is 1. The minimum Gasteiger partial charge on any atom is -0.497 e. The SMILES string of the molecule is CCS(=O)(=O)c1ccccc1C(=O)NCCOc1cccc(OC)c1. The number of hydrogen-bond acceptors (Lipinski definition) is 5. The molecule has 0 aliphatic rings. The maximum absolute atomic E-state index is 12.3. The summed E-state index contributed by atoms with van der Waals surface area (Å²) in [5.74, 6) is 0.806. The maximum Gasteiger partial charge on any atom is 0.252 e. The van der Waals surface area contributed by atoms with Gasteiger partial charge in [0.1, 0.15) is 18.1 Å². The Morgan fingerprint density at radius 2 is 1.80 bits per heavy atom. The molecule has 0 bridgehead atoms. The van der Waals surface area contributed by atoms with Gasteiger partial charge in [0, 0.05) is 6.07 Å². The number of amides is 1. The van der Waals surface area contributed by atoms with Crippen molar-refractivity contribution in [3.63, 3.8) is 0 Å². The Morgan fingerprint density at radius 1 is 1.08 bits per heavy atom. The third-order valence-corrected chi connectivity index (χ3v) is 5.33. The van der Waals surface area contributed by atoms with Crippen LogP contribution in [-0.2, 0) is 9.84 Å². The van der Waals surface area contributed by atoms with Crippen LogP contribution >= 0.6 is 0 Å². The van der Waals surface area contributed by atoms with Crippen molar-refractivity contribution in [1.29, 1.82) is 0 Å². The first-order valence-corrected chi connectivity index (χ1v) is 9.50. The summed E-state index contributed by atoms with van der Waals surface area (Å²) in [5.41, 5.74) is 0.144. The molecule has 7 heteroatoms. The minimum absolute atomic E-state index is 0.0451. The van der Waals surface area contributed by atoms with Crippen molar-refractivity contribution in [1.82, 2.24) is 5.32 Å². The molecule has 0 saturated heterocycles. The van der Waals surface area contributed by atoms with Crippen molar-refractivity contribution in [3.05, 3.63) is 54.1 Å². The first-order chi connectivity index (χ1) is 12.0. The fourth-order valence-electron chi connectivity index (χ4n) is 2.20.